The number of hydrogen-bond donors (Lipinski definition) is 2. The average Bonchev–Trinajstić information content (AvgIpc) is 2.28. The number of phenolic OH excluding ortho intramolecular Hbond substituents is 1. The van der Waals surface area contributed by atoms with E-state index in [0.717, 1.165) is 0 Å². The second-order valence-corrected chi connectivity index (χ2v) is 4.32. The molecule has 0 fully saturated rings. The van der Waals surface area contributed by atoms with Gasteiger partial charge in [-0.05, 0) is 25.1 Å². The van der Waals surface area contributed by atoms with Crippen molar-refractivity contribution in [2.75, 3.05) is 6.54 Å². The fourth-order valence-electron chi connectivity index (χ4n) is 1.08. The van der Waals surface area contributed by atoms with Crippen LogP contribution in [0, 0.1) is 17.2 Å². The van der Waals surface area contributed by atoms with Gasteiger partial charge in [-0.2, -0.15) is 5.26 Å². The number of aromatic hydroxyl groups is 1. The van der Waals surface area contributed by atoms with Crippen molar-refractivity contribution < 1.29 is 9.90 Å². The molecule has 0 heterocycles. The van der Waals surface area contributed by atoms with E-state index >= 15 is 0 Å². The summed E-state index contributed by atoms with van der Waals surface area (Å²) in [6.45, 7) is 1.97. The highest BCUT2D eigenvalue weighted by Gasteiger charge is 2.12. The van der Waals surface area contributed by atoms with Crippen molar-refractivity contribution in [2.24, 2.45) is 5.92 Å². The van der Waals surface area contributed by atoms with E-state index in [1.54, 1.807) is 13.0 Å². The lowest BCUT2D eigenvalue weighted by atomic mass is 10.1. The van der Waals surface area contributed by atoms with E-state index in [4.69, 9.17) is 5.26 Å². The lowest BCUT2D eigenvalue weighted by Gasteiger charge is -2.07. The van der Waals surface area contributed by atoms with Crippen LogP contribution in [-0.4, -0.2) is 17.6 Å². The van der Waals surface area contributed by atoms with Crippen LogP contribution in [-0.2, 0) is 0 Å². The molecule has 0 radical (unpaired) electrons. The summed E-state index contributed by atoms with van der Waals surface area (Å²) in [4.78, 5) is 11.6. The lowest BCUT2D eigenvalue weighted by Crippen LogP contribution is -2.27. The predicted octanol–water partition coefficient (Wildman–Crippen LogP) is 2.04. The Bertz CT molecular complexity index is 440. The van der Waals surface area contributed by atoms with Gasteiger partial charge in [0.1, 0.15) is 5.75 Å². The molecule has 1 aromatic carbocycles. The summed E-state index contributed by atoms with van der Waals surface area (Å²) < 4.78 is 0.712. The molecule has 1 aromatic rings. The summed E-state index contributed by atoms with van der Waals surface area (Å²) >= 11 is 3.21. The van der Waals surface area contributed by atoms with Crippen molar-refractivity contribution >= 4 is 21.8 Å². The van der Waals surface area contributed by atoms with Crippen molar-refractivity contribution in [1.29, 1.82) is 5.26 Å². The average molecular weight is 283 g/mol. The van der Waals surface area contributed by atoms with Gasteiger partial charge in [-0.1, -0.05) is 15.9 Å². The largest absolute Gasteiger partial charge is 0.507 e. The number of carbonyl (C=O) groups excluding carboxylic acids is 1. The molecule has 0 aliphatic heterocycles. The van der Waals surface area contributed by atoms with Crippen LogP contribution < -0.4 is 5.32 Å². The number of phenols is 1. The lowest BCUT2D eigenvalue weighted by molar-refractivity contribution is 0.0948. The normalized spacial score (nSPS) is 11.6. The Morgan fingerprint density at radius 3 is 3.00 bits per heavy atom. The molecule has 5 heteroatoms. The van der Waals surface area contributed by atoms with Gasteiger partial charge in [-0.3, -0.25) is 4.79 Å². The van der Waals surface area contributed by atoms with E-state index in [-0.39, 0.29) is 29.7 Å². The summed E-state index contributed by atoms with van der Waals surface area (Å²) in [6.07, 6.45) is 0. The van der Waals surface area contributed by atoms with E-state index in [1.807, 2.05) is 6.07 Å². The highest BCUT2D eigenvalue weighted by Crippen LogP contribution is 2.21. The Balaban J connectivity index is 2.74. The zero-order valence-electron chi connectivity index (χ0n) is 8.70. The molecule has 4 nitrogen and oxygen atoms in total. The van der Waals surface area contributed by atoms with E-state index < -0.39 is 0 Å². The van der Waals surface area contributed by atoms with Crippen molar-refractivity contribution in [2.45, 2.75) is 6.92 Å². The van der Waals surface area contributed by atoms with Gasteiger partial charge in [0.05, 0.1) is 17.6 Å². The van der Waals surface area contributed by atoms with Gasteiger partial charge < -0.3 is 10.4 Å². The first kappa shape index (κ1) is 12.5. The molecule has 1 amide bonds. The van der Waals surface area contributed by atoms with Gasteiger partial charge in [-0.25, -0.2) is 0 Å². The van der Waals surface area contributed by atoms with Crippen LogP contribution in [0.3, 0.4) is 0 Å². The Hall–Kier alpha value is -1.54. The summed E-state index contributed by atoms with van der Waals surface area (Å²) in [6, 6.07) is 6.62. The molecule has 1 atom stereocenters. The van der Waals surface area contributed by atoms with E-state index in [2.05, 4.69) is 21.2 Å². The Morgan fingerprint density at radius 2 is 2.38 bits per heavy atom. The summed E-state index contributed by atoms with van der Waals surface area (Å²) in [5.41, 5.74) is 0.194. The number of carbonyl (C=O) groups is 1. The van der Waals surface area contributed by atoms with Gasteiger partial charge in [0.25, 0.3) is 5.91 Å². The first-order valence-corrected chi connectivity index (χ1v) is 5.50. The summed E-state index contributed by atoms with van der Waals surface area (Å²) in [5, 5.41) is 20.6. The third kappa shape index (κ3) is 3.24. The number of amides is 1. The van der Waals surface area contributed by atoms with E-state index in [1.165, 1.54) is 12.1 Å². The molecule has 0 aromatic heterocycles. The van der Waals surface area contributed by atoms with Gasteiger partial charge in [0, 0.05) is 11.0 Å². The van der Waals surface area contributed by atoms with Crippen LogP contribution in [0.5, 0.6) is 5.75 Å². The minimum absolute atomic E-state index is 0.0784. The second-order valence-electron chi connectivity index (χ2n) is 3.40. The summed E-state index contributed by atoms with van der Waals surface area (Å²) in [5.74, 6) is -0.718. The van der Waals surface area contributed by atoms with Crippen molar-refractivity contribution in [3.63, 3.8) is 0 Å². The maximum absolute atomic E-state index is 11.6. The quantitative estimate of drug-likeness (QED) is 0.891. The number of benzene rings is 1. The van der Waals surface area contributed by atoms with Crippen LogP contribution in [0.15, 0.2) is 22.7 Å². The Kier molecular flexibility index (Phi) is 4.32. The molecule has 1 unspecified atom stereocenters. The standard InChI is InChI=1S/C11H11BrN2O2/c1-7(5-13)6-14-11(16)9-4-8(12)2-3-10(9)15/h2-4,7,15H,6H2,1H3,(H,14,16). The second kappa shape index (κ2) is 5.52. The molecule has 0 aliphatic rings. The predicted molar refractivity (Wildman–Crippen MR) is 62.9 cm³/mol. The van der Waals surface area contributed by atoms with Crippen molar-refractivity contribution in [3.8, 4) is 11.8 Å². The number of rotatable bonds is 3. The molecular weight excluding hydrogens is 272 g/mol. The summed E-state index contributed by atoms with van der Waals surface area (Å²) in [7, 11) is 0. The number of nitrogens with one attached hydrogen (secondary N) is 1. The van der Waals surface area contributed by atoms with E-state index in [0.29, 0.717) is 4.47 Å². The number of hydrogen-bond acceptors (Lipinski definition) is 3. The third-order valence-electron chi connectivity index (χ3n) is 1.99. The fraction of sp³-hybridized carbons (Fsp3) is 0.273. The van der Waals surface area contributed by atoms with Crippen LogP contribution in [0.4, 0.5) is 0 Å². The first-order chi connectivity index (χ1) is 7.54. The molecule has 0 aliphatic carbocycles. The number of nitrogens with zero attached hydrogens (tertiary/aromatic N) is 1. The Labute approximate surface area is 102 Å². The number of halogens is 1. The maximum Gasteiger partial charge on any atom is 0.255 e. The van der Waals surface area contributed by atoms with Crippen LogP contribution >= 0.6 is 15.9 Å². The minimum Gasteiger partial charge on any atom is -0.507 e. The minimum atomic E-state index is -0.388. The molecule has 0 saturated heterocycles. The van der Waals surface area contributed by atoms with Crippen LogP contribution in [0.25, 0.3) is 0 Å². The van der Waals surface area contributed by atoms with Crippen LogP contribution in [0.1, 0.15) is 17.3 Å². The van der Waals surface area contributed by atoms with Crippen molar-refractivity contribution in [1.82, 2.24) is 5.32 Å². The van der Waals surface area contributed by atoms with Gasteiger partial charge >= 0.3 is 0 Å². The van der Waals surface area contributed by atoms with Gasteiger partial charge in [-0.15, -0.1) is 0 Å². The molecule has 16 heavy (non-hydrogen) atoms. The van der Waals surface area contributed by atoms with Gasteiger partial charge in [0.15, 0.2) is 0 Å². The Morgan fingerprint density at radius 1 is 1.69 bits per heavy atom. The van der Waals surface area contributed by atoms with E-state index in [9.17, 15) is 9.90 Å². The monoisotopic (exact) mass is 282 g/mol. The topological polar surface area (TPSA) is 73.1 Å². The van der Waals surface area contributed by atoms with Crippen molar-refractivity contribution in [3.05, 3.63) is 28.2 Å². The molecule has 0 spiro atoms. The van der Waals surface area contributed by atoms with Gasteiger partial charge in [0.2, 0.25) is 0 Å². The smallest absolute Gasteiger partial charge is 0.255 e. The highest BCUT2D eigenvalue weighted by atomic mass is 79.9. The molecule has 2 N–H and O–H groups in total. The number of nitriles is 1. The SMILES string of the molecule is CC(C#N)CNC(=O)c1cc(Br)ccc1O. The third-order valence-corrected chi connectivity index (χ3v) is 2.49. The molecule has 84 valence electrons. The fourth-order valence-corrected chi connectivity index (χ4v) is 1.44. The molecule has 0 bridgehead atoms. The van der Waals surface area contributed by atoms with Crippen LogP contribution in [0.2, 0.25) is 0 Å². The maximum atomic E-state index is 11.6. The molecular formula is C11H11BrN2O2. The first-order valence-electron chi connectivity index (χ1n) is 4.71. The zero-order chi connectivity index (χ0) is 12.1. The highest BCUT2D eigenvalue weighted by molar-refractivity contribution is 9.10. The zero-order valence-corrected chi connectivity index (χ0v) is 10.3. The molecule has 0 saturated carbocycles. The molecule has 1 rings (SSSR count).